The maximum atomic E-state index is 4.59. The first-order valence-electron chi connectivity index (χ1n) is 5.15. The second kappa shape index (κ2) is 4.61. The van der Waals surface area contributed by atoms with Gasteiger partial charge < -0.3 is 5.32 Å². The Hall–Kier alpha value is -0.780. The van der Waals surface area contributed by atoms with E-state index in [0.717, 1.165) is 21.4 Å². The van der Waals surface area contributed by atoms with Crippen molar-refractivity contribution in [3.8, 4) is 0 Å². The van der Waals surface area contributed by atoms with E-state index in [0.29, 0.717) is 0 Å². The molecule has 0 radical (unpaired) electrons. The normalized spacial score (nSPS) is 13.0. The lowest BCUT2D eigenvalue weighted by molar-refractivity contribution is 0.678. The lowest BCUT2D eigenvalue weighted by atomic mass is 10.3. The van der Waals surface area contributed by atoms with Gasteiger partial charge in [0.25, 0.3) is 0 Å². The Labute approximate surface area is 104 Å². The quantitative estimate of drug-likeness (QED) is 0.914. The zero-order valence-corrected chi connectivity index (χ0v) is 11.5. The van der Waals surface area contributed by atoms with Crippen LogP contribution in [0.5, 0.6) is 0 Å². The van der Waals surface area contributed by atoms with Crippen LogP contribution < -0.4 is 5.32 Å². The fourth-order valence-corrected chi connectivity index (χ4v) is 3.50. The van der Waals surface area contributed by atoms with Gasteiger partial charge in [-0.15, -0.1) is 22.7 Å². The number of hydrogen-bond donors (Lipinski definition) is 1. The number of nitrogens with one attached hydrogen (secondary N) is 1. The summed E-state index contributed by atoms with van der Waals surface area (Å²) >= 11 is 3.43. The maximum Gasteiger partial charge on any atom is 0.117 e. The highest BCUT2D eigenvalue weighted by Gasteiger charge is 2.19. The van der Waals surface area contributed by atoms with Crippen molar-refractivity contribution in [3.05, 3.63) is 31.7 Å². The van der Waals surface area contributed by atoms with E-state index in [4.69, 9.17) is 0 Å². The molecule has 5 heteroatoms. The third kappa shape index (κ3) is 2.16. The highest BCUT2D eigenvalue weighted by molar-refractivity contribution is 7.12. The van der Waals surface area contributed by atoms with Gasteiger partial charge >= 0.3 is 0 Å². The summed E-state index contributed by atoms with van der Waals surface area (Å²) < 4.78 is 0. The third-order valence-electron chi connectivity index (χ3n) is 2.46. The van der Waals surface area contributed by atoms with E-state index < -0.39 is 0 Å². The molecule has 0 aliphatic carbocycles. The second-order valence-corrected chi connectivity index (χ2v) is 5.87. The fourth-order valence-electron chi connectivity index (χ4n) is 1.48. The molecule has 0 spiro atoms. The van der Waals surface area contributed by atoms with Crippen molar-refractivity contribution in [1.82, 2.24) is 15.3 Å². The van der Waals surface area contributed by atoms with Crippen molar-refractivity contribution in [1.29, 1.82) is 0 Å². The smallest absolute Gasteiger partial charge is 0.117 e. The zero-order chi connectivity index (χ0) is 11.7. The summed E-state index contributed by atoms with van der Waals surface area (Å²) in [6.07, 6.45) is 0. The first-order valence-corrected chi connectivity index (χ1v) is 6.84. The Morgan fingerprint density at radius 2 is 1.94 bits per heavy atom. The molecule has 1 unspecified atom stereocenters. The van der Waals surface area contributed by atoms with Gasteiger partial charge in [0, 0.05) is 16.0 Å². The average Bonchev–Trinajstić information content (AvgIpc) is 2.77. The van der Waals surface area contributed by atoms with E-state index >= 15 is 0 Å². The van der Waals surface area contributed by atoms with Crippen LogP contribution in [0.25, 0.3) is 0 Å². The number of hydrogen-bond acceptors (Lipinski definition) is 5. The molecular formula is C11H15N3S2. The van der Waals surface area contributed by atoms with Gasteiger partial charge in [-0.3, -0.25) is 0 Å². The molecule has 1 atom stereocenters. The maximum absolute atomic E-state index is 4.59. The summed E-state index contributed by atoms with van der Waals surface area (Å²) in [6.45, 7) is 6.18. The van der Waals surface area contributed by atoms with Crippen LogP contribution in [0.4, 0.5) is 0 Å². The molecule has 0 saturated heterocycles. The minimum atomic E-state index is 0.135. The van der Waals surface area contributed by atoms with Crippen LogP contribution in [-0.4, -0.2) is 17.0 Å². The molecule has 2 aromatic rings. The van der Waals surface area contributed by atoms with Gasteiger partial charge in [0.05, 0.1) is 5.69 Å². The van der Waals surface area contributed by atoms with E-state index in [1.165, 1.54) is 4.88 Å². The van der Waals surface area contributed by atoms with Crippen molar-refractivity contribution in [2.75, 3.05) is 7.05 Å². The van der Waals surface area contributed by atoms with Gasteiger partial charge in [-0.1, -0.05) is 0 Å². The predicted molar refractivity (Wildman–Crippen MR) is 69.3 cm³/mol. The Morgan fingerprint density at radius 3 is 2.38 bits per heavy atom. The molecule has 3 nitrogen and oxygen atoms in total. The van der Waals surface area contributed by atoms with Crippen LogP contribution >= 0.6 is 22.7 Å². The van der Waals surface area contributed by atoms with Gasteiger partial charge in [0.2, 0.25) is 0 Å². The Kier molecular flexibility index (Phi) is 3.37. The molecule has 0 saturated carbocycles. The first kappa shape index (κ1) is 11.7. The summed E-state index contributed by atoms with van der Waals surface area (Å²) in [7, 11) is 1.95. The third-order valence-corrected chi connectivity index (χ3v) is 4.63. The molecular weight excluding hydrogens is 238 g/mol. The molecule has 2 heterocycles. The van der Waals surface area contributed by atoms with Crippen LogP contribution in [0.1, 0.15) is 32.3 Å². The van der Waals surface area contributed by atoms with Gasteiger partial charge in [-0.2, -0.15) is 0 Å². The summed E-state index contributed by atoms with van der Waals surface area (Å²) in [6, 6.07) is 0.135. The zero-order valence-electron chi connectivity index (χ0n) is 9.87. The lowest BCUT2D eigenvalue weighted by Gasteiger charge is -2.09. The Bertz CT molecular complexity index is 468. The largest absolute Gasteiger partial charge is 0.305 e. The highest BCUT2D eigenvalue weighted by atomic mass is 32.1. The number of aromatic nitrogens is 2. The molecule has 16 heavy (non-hydrogen) atoms. The number of rotatable bonds is 3. The summed E-state index contributed by atoms with van der Waals surface area (Å²) in [5.41, 5.74) is 2.19. The average molecular weight is 253 g/mol. The molecule has 2 rings (SSSR count). The van der Waals surface area contributed by atoms with E-state index in [-0.39, 0.29) is 6.04 Å². The van der Waals surface area contributed by atoms with Crippen molar-refractivity contribution in [2.45, 2.75) is 26.8 Å². The number of aryl methyl sites for hydroxylation is 3. The standard InChI is InChI=1S/C11H15N3S2/c1-6-5-15-10(13-6)9(12-4)11-14-7(2)8(3)16-11/h5,9,12H,1-4H3. The van der Waals surface area contributed by atoms with E-state index in [9.17, 15) is 0 Å². The monoisotopic (exact) mass is 253 g/mol. The van der Waals surface area contributed by atoms with Crippen LogP contribution in [0.2, 0.25) is 0 Å². The Morgan fingerprint density at radius 1 is 1.19 bits per heavy atom. The van der Waals surface area contributed by atoms with Crippen molar-refractivity contribution >= 4 is 22.7 Å². The van der Waals surface area contributed by atoms with Gasteiger partial charge in [0.1, 0.15) is 16.1 Å². The second-order valence-electron chi connectivity index (χ2n) is 3.74. The first-order chi connectivity index (χ1) is 7.61. The van der Waals surface area contributed by atoms with Gasteiger partial charge in [-0.25, -0.2) is 9.97 Å². The molecule has 0 aliphatic heterocycles. The van der Waals surface area contributed by atoms with E-state index in [1.807, 2.05) is 14.0 Å². The number of thiazole rings is 2. The Balaban J connectivity index is 2.36. The molecule has 0 aliphatic rings. The lowest BCUT2D eigenvalue weighted by Crippen LogP contribution is -2.17. The van der Waals surface area contributed by atoms with Crippen LogP contribution in [0.3, 0.4) is 0 Å². The van der Waals surface area contributed by atoms with Gasteiger partial charge in [-0.05, 0) is 27.8 Å². The predicted octanol–water partition coefficient (Wildman–Crippen LogP) is 2.83. The molecule has 1 N–H and O–H groups in total. The van der Waals surface area contributed by atoms with Gasteiger partial charge in [0.15, 0.2) is 0 Å². The van der Waals surface area contributed by atoms with Crippen molar-refractivity contribution in [3.63, 3.8) is 0 Å². The van der Waals surface area contributed by atoms with E-state index in [2.05, 4.69) is 34.5 Å². The summed E-state index contributed by atoms with van der Waals surface area (Å²) in [4.78, 5) is 10.4. The molecule has 0 amide bonds. The SMILES string of the molecule is CNC(c1nc(C)cs1)c1nc(C)c(C)s1. The molecule has 0 aromatic carbocycles. The summed E-state index contributed by atoms with van der Waals surface area (Å²) in [5, 5.41) is 7.56. The van der Waals surface area contributed by atoms with Crippen molar-refractivity contribution < 1.29 is 0 Å². The number of nitrogens with zero attached hydrogens (tertiary/aromatic N) is 2. The van der Waals surface area contributed by atoms with Crippen LogP contribution in [0.15, 0.2) is 5.38 Å². The minimum absolute atomic E-state index is 0.135. The molecule has 0 fully saturated rings. The van der Waals surface area contributed by atoms with Crippen LogP contribution in [-0.2, 0) is 0 Å². The van der Waals surface area contributed by atoms with Crippen LogP contribution in [0, 0.1) is 20.8 Å². The molecule has 86 valence electrons. The molecule has 2 aromatic heterocycles. The fraction of sp³-hybridized carbons (Fsp3) is 0.455. The van der Waals surface area contributed by atoms with E-state index in [1.54, 1.807) is 22.7 Å². The highest BCUT2D eigenvalue weighted by Crippen LogP contribution is 2.29. The molecule has 0 bridgehead atoms. The summed E-state index contributed by atoms with van der Waals surface area (Å²) in [5.74, 6) is 0. The minimum Gasteiger partial charge on any atom is -0.305 e. The van der Waals surface area contributed by atoms with Crippen molar-refractivity contribution in [2.24, 2.45) is 0 Å². The topological polar surface area (TPSA) is 37.8 Å².